The summed E-state index contributed by atoms with van der Waals surface area (Å²) in [6, 6.07) is 7.45. The lowest BCUT2D eigenvalue weighted by Gasteiger charge is -1.99. The quantitative estimate of drug-likeness (QED) is 0.777. The van der Waals surface area contributed by atoms with Crippen molar-refractivity contribution in [2.45, 2.75) is 12.8 Å². The first kappa shape index (κ1) is 11.3. The highest BCUT2D eigenvalue weighted by atomic mass is 35.5. The Morgan fingerprint density at radius 3 is 2.88 bits per heavy atom. The van der Waals surface area contributed by atoms with Gasteiger partial charge in [-0.25, -0.2) is 0 Å². The minimum absolute atomic E-state index is 0.0886. The van der Waals surface area contributed by atoms with Gasteiger partial charge < -0.3 is 0 Å². The van der Waals surface area contributed by atoms with Crippen molar-refractivity contribution in [2.75, 3.05) is 0 Å². The van der Waals surface area contributed by atoms with Gasteiger partial charge >= 0.3 is 0 Å². The third-order valence-electron chi connectivity index (χ3n) is 2.20. The summed E-state index contributed by atoms with van der Waals surface area (Å²) >= 11 is 7.28. The van der Waals surface area contributed by atoms with Gasteiger partial charge in [-0.15, -0.1) is 11.3 Å². The molecule has 16 heavy (non-hydrogen) atoms. The lowest BCUT2D eigenvalue weighted by atomic mass is 10.1. The number of Topliss-reactive ketones (excluding diaryl/α,β-unsaturated/α-hetero) is 1. The Labute approximate surface area is 103 Å². The van der Waals surface area contributed by atoms with Crippen molar-refractivity contribution in [3.05, 3.63) is 51.4 Å². The zero-order valence-corrected chi connectivity index (χ0v) is 10.1. The molecule has 0 N–H and O–H groups in total. The highest BCUT2D eigenvalue weighted by molar-refractivity contribution is 7.12. The molecule has 4 heteroatoms. The molecule has 0 aliphatic carbocycles. The van der Waals surface area contributed by atoms with E-state index in [2.05, 4.69) is 4.98 Å². The molecular formula is C12H10ClNOS. The minimum Gasteiger partial charge on any atom is -0.293 e. The van der Waals surface area contributed by atoms with Crippen LogP contribution in [-0.4, -0.2) is 10.8 Å². The Hall–Kier alpha value is -1.19. The lowest BCUT2D eigenvalue weighted by Crippen LogP contribution is -2.00. The number of carbonyl (C=O) groups is 1. The first-order valence-electron chi connectivity index (χ1n) is 4.93. The van der Waals surface area contributed by atoms with E-state index in [0.29, 0.717) is 22.7 Å². The Kier molecular flexibility index (Phi) is 3.70. The van der Waals surface area contributed by atoms with E-state index in [1.807, 2.05) is 23.6 Å². The first-order chi connectivity index (χ1) is 7.77. The van der Waals surface area contributed by atoms with Crippen LogP contribution in [0.3, 0.4) is 0 Å². The summed E-state index contributed by atoms with van der Waals surface area (Å²) in [5.74, 6) is 0.0886. The van der Waals surface area contributed by atoms with Crippen molar-refractivity contribution in [1.82, 2.24) is 4.98 Å². The molecular weight excluding hydrogens is 242 g/mol. The van der Waals surface area contributed by atoms with Crippen molar-refractivity contribution in [3.8, 4) is 0 Å². The second kappa shape index (κ2) is 5.23. The normalized spacial score (nSPS) is 10.3. The summed E-state index contributed by atoms with van der Waals surface area (Å²) in [6.07, 6.45) is 2.85. The van der Waals surface area contributed by atoms with Gasteiger partial charge in [0.05, 0.1) is 9.90 Å². The molecule has 2 rings (SSSR count). The van der Waals surface area contributed by atoms with E-state index in [1.165, 1.54) is 11.3 Å². The Morgan fingerprint density at radius 1 is 1.38 bits per heavy atom. The fraction of sp³-hybridized carbons (Fsp3) is 0.167. The van der Waals surface area contributed by atoms with E-state index in [4.69, 9.17) is 11.6 Å². The molecule has 0 fully saturated rings. The molecule has 0 spiro atoms. The van der Waals surface area contributed by atoms with Crippen LogP contribution in [0.5, 0.6) is 0 Å². The zero-order valence-electron chi connectivity index (χ0n) is 8.52. The predicted molar refractivity (Wildman–Crippen MR) is 66.2 cm³/mol. The SMILES string of the molecule is O=C(CCc1ccccn1)c1sccc1Cl. The summed E-state index contributed by atoms with van der Waals surface area (Å²) in [4.78, 5) is 16.6. The van der Waals surface area contributed by atoms with Crippen LogP contribution in [0, 0.1) is 0 Å². The number of nitrogens with zero attached hydrogens (tertiary/aromatic N) is 1. The number of halogens is 1. The summed E-state index contributed by atoms with van der Waals surface area (Å²) < 4.78 is 0. The topological polar surface area (TPSA) is 30.0 Å². The molecule has 0 aromatic carbocycles. The second-order valence-electron chi connectivity index (χ2n) is 3.34. The van der Waals surface area contributed by atoms with Gasteiger partial charge in [0.15, 0.2) is 5.78 Å². The predicted octanol–water partition coefficient (Wildman–Crippen LogP) is 3.61. The minimum atomic E-state index is 0.0886. The maximum atomic E-state index is 11.8. The van der Waals surface area contributed by atoms with Gasteiger partial charge in [-0.05, 0) is 30.0 Å². The van der Waals surface area contributed by atoms with E-state index < -0.39 is 0 Å². The number of aryl methyl sites for hydroxylation is 1. The van der Waals surface area contributed by atoms with E-state index in [0.717, 1.165) is 5.69 Å². The van der Waals surface area contributed by atoms with E-state index in [-0.39, 0.29) is 5.78 Å². The molecule has 0 bridgehead atoms. The summed E-state index contributed by atoms with van der Waals surface area (Å²) in [5.41, 5.74) is 0.934. The van der Waals surface area contributed by atoms with Crippen LogP contribution in [0.2, 0.25) is 5.02 Å². The summed E-state index contributed by atoms with van der Waals surface area (Å²) in [5, 5.41) is 2.38. The van der Waals surface area contributed by atoms with E-state index in [9.17, 15) is 4.79 Å². The Morgan fingerprint density at radius 2 is 2.25 bits per heavy atom. The van der Waals surface area contributed by atoms with Crippen molar-refractivity contribution < 1.29 is 4.79 Å². The van der Waals surface area contributed by atoms with Crippen LogP contribution >= 0.6 is 22.9 Å². The highest BCUT2D eigenvalue weighted by Crippen LogP contribution is 2.23. The maximum absolute atomic E-state index is 11.8. The van der Waals surface area contributed by atoms with Crippen LogP contribution in [0.25, 0.3) is 0 Å². The van der Waals surface area contributed by atoms with E-state index >= 15 is 0 Å². The van der Waals surface area contributed by atoms with Crippen molar-refractivity contribution in [3.63, 3.8) is 0 Å². The zero-order chi connectivity index (χ0) is 11.4. The molecule has 0 amide bonds. The molecule has 0 aliphatic heterocycles. The highest BCUT2D eigenvalue weighted by Gasteiger charge is 2.11. The first-order valence-corrected chi connectivity index (χ1v) is 6.19. The van der Waals surface area contributed by atoms with Crippen LogP contribution in [0.15, 0.2) is 35.8 Å². The molecule has 2 nitrogen and oxygen atoms in total. The molecule has 2 aromatic rings. The fourth-order valence-electron chi connectivity index (χ4n) is 1.39. The Balaban J connectivity index is 1.97. The molecule has 0 saturated heterocycles. The molecule has 0 unspecified atom stereocenters. The third-order valence-corrected chi connectivity index (χ3v) is 3.59. The molecule has 2 aromatic heterocycles. The van der Waals surface area contributed by atoms with Crippen LogP contribution < -0.4 is 0 Å². The largest absolute Gasteiger partial charge is 0.293 e. The number of thiophene rings is 1. The number of pyridine rings is 1. The van der Waals surface area contributed by atoms with Gasteiger partial charge in [0, 0.05) is 18.3 Å². The number of aromatic nitrogens is 1. The average molecular weight is 252 g/mol. The molecule has 0 saturated carbocycles. The molecule has 0 atom stereocenters. The van der Waals surface area contributed by atoms with Crippen molar-refractivity contribution in [2.24, 2.45) is 0 Å². The van der Waals surface area contributed by atoms with Gasteiger partial charge in [-0.2, -0.15) is 0 Å². The van der Waals surface area contributed by atoms with Crippen molar-refractivity contribution >= 4 is 28.7 Å². The monoisotopic (exact) mass is 251 g/mol. The van der Waals surface area contributed by atoms with Gasteiger partial charge in [0.25, 0.3) is 0 Å². The average Bonchev–Trinajstić information content (AvgIpc) is 2.74. The standard InChI is InChI=1S/C12H10ClNOS/c13-10-6-8-16-12(10)11(15)5-4-9-3-1-2-7-14-9/h1-3,6-8H,4-5H2. The van der Waals surface area contributed by atoms with Gasteiger partial charge in [-0.3, -0.25) is 9.78 Å². The number of ketones is 1. The van der Waals surface area contributed by atoms with Gasteiger partial charge in [0.2, 0.25) is 0 Å². The molecule has 82 valence electrons. The molecule has 2 heterocycles. The van der Waals surface area contributed by atoms with E-state index in [1.54, 1.807) is 12.3 Å². The number of hydrogen-bond donors (Lipinski definition) is 0. The number of hydrogen-bond acceptors (Lipinski definition) is 3. The summed E-state index contributed by atoms with van der Waals surface area (Å²) in [6.45, 7) is 0. The number of carbonyl (C=O) groups excluding carboxylic acids is 1. The van der Waals surface area contributed by atoms with Gasteiger partial charge in [-0.1, -0.05) is 17.7 Å². The molecule has 0 aliphatic rings. The van der Waals surface area contributed by atoms with Crippen LogP contribution in [-0.2, 0) is 6.42 Å². The van der Waals surface area contributed by atoms with Gasteiger partial charge in [0.1, 0.15) is 0 Å². The smallest absolute Gasteiger partial charge is 0.174 e. The second-order valence-corrected chi connectivity index (χ2v) is 4.67. The lowest BCUT2D eigenvalue weighted by molar-refractivity contribution is 0.0986. The Bertz CT molecular complexity index is 481. The third kappa shape index (κ3) is 2.68. The maximum Gasteiger partial charge on any atom is 0.174 e. The number of rotatable bonds is 4. The summed E-state index contributed by atoms with van der Waals surface area (Å²) in [7, 11) is 0. The van der Waals surface area contributed by atoms with Crippen molar-refractivity contribution in [1.29, 1.82) is 0 Å². The molecule has 0 radical (unpaired) electrons. The van der Waals surface area contributed by atoms with Crippen LogP contribution in [0.4, 0.5) is 0 Å². The fourth-order valence-corrected chi connectivity index (χ4v) is 2.52. The van der Waals surface area contributed by atoms with Crippen LogP contribution in [0.1, 0.15) is 21.8 Å².